The maximum Gasteiger partial charge on any atom is 0.311 e. The first-order chi connectivity index (χ1) is 11.5. The van der Waals surface area contributed by atoms with Crippen molar-refractivity contribution in [3.8, 4) is 0 Å². The number of hydrogen-bond acceptors (Lipinski definition) is 2. The molecule has 1 aliphatic carbocycles. The highest BCUT2D eigenvalue weighted by Crippen LogP contribution is 2.26. The first-order valence-corrected chi connectivity index (χ1v) is 7.93. The Balaban J connectivity index is 1.70. The SMILES string of the molecule is O=C(C[C@H](C(=O)O)c1ccc(F)cc1)Nc1ccc2c(c1)CCC2. The van der Waals surface area contributed by atoms with Gasteiger partial charge in [0.25, 0.3) is 0 Å². The van der Waals surface area contributed by atoms with Gasteiger partial charge in [0.2, 0.25) is 5.91 Å². The number of amides is 1. The van der Waals surface area contributed by atoms with Crippen molar-refractivity contribution in [2.24, 2.45) is 0 Å². The summed E-state index contributed by atoms with van der Waals surface area (Å²) in [7, 11) is 0. The maximum atomic E-state index is 13.0. The predicted molar refractivity (Wildman–Crippen MR) is 88.5 cm³/mol. The largest absolute Gasteiger partial charge is 0.481 e. The second-order valence-electron chi connectivity index (χ2n) is 6.03. The Morgan fingerprint density at radius 2 is 1.79 bits per heavy atom. The van der Waals surface area contributed by atoms with Crippen molar-refractivity contribution in [3.63, 3.8) is 0 Å². The van der Waals surface area contributed by atoms with Crippen LogP contribution in [0.4, 0.5) is 10.1 Å². The van der Waals surface area contributed by atoms with E-state index in [9.17, 15) is 19.1 Å². The van der Waals surface area contributed by atoms with E-state index in [4.69, 9.17) is 0 Å². The standard InChI is InChI=1S/C19H18FNO3/c20-15-7-4-13(5-8-15)17(19(23)24)11-18(22)21-16-9-6-12-2-1-3-14(12)10-16/h4-10,17H,1-3,11H2,(H,21,22)(H,23,24)/t17-/m0/s1. The van der Waals surface area contributed by atoms with E-state index in [1.807, 2.05) is 18.2 Å². The van der Waals surface area contributed by atoms with E-state index in [0.717, 1.165) is 19.3 Å². The number of aryl methyl sites for hydroxylation is 2. The minimum absolute atomic E-state index is 0.196. The summed E-state index contributed by atoms with van der Waals surface area (Å²) in [4.78, 5) is 23.7. The number of hydrogen-bond donors (Lipinski definition) is 2. The summed E-state index contributed by atoms with van der Waals surface area (Å²) in [6.07, 6.45) is 3.00. The molecule has 4 nitrogen and oxygen atoms in total. The quantitative estimate of drug-likeness (QED) is 0.883. The minimum atomic E-state index is -1.11. The second kappa shape index (κ2) is 6.83. The molecule has 3 rings (SSSR count). The van der Waals surface area contributed by atoms with Crippen molar-refractivity contribution in [2.45, 2.75) is 31.6 Å². The third-order valence-electron chi connectivity index (χ3n) is 4.34. The normalized spacial score (nSPS) is 14.0. The fraction of sp³-hybridized carbons (Fsp3) is 0.263. The topological polar surface area (TPSA) is 66.4 Å². The molecule has 2 aromatic carbocycles. The van der Waals surface area contributed by atoms with Crippen LogP contribution in [0, 0.1) is 5.82 Å². The van der Waals surface area contributed by atoms with Crippen LogP contribution in [0.1, 0.15) is 35.4 Å². The molecule has 0 unspecified atom stereocenters. The summed E-state index contributed by atoms with van der Waals surface area (Å²) in [5, 5.41) is 12.1. The highest BCUT2D eigenvalue weighted by atomic mass is 19.1. The molecule has 0 aliphatic heterocycles. The van der Waals surface area contributed by atoms with E-state index in [1.54, 1.807) is 0 Å². The lowest BCUT2D eigenvalue weighted by Gasteiger charge is -2.13. The van der Waals surface area contributed by atoms with Crippen molar-refractivity contribution in [1.82, 2.24) is 0 Å². The number of aliphatic carboxylic acids is 1. The molecule has 0 heterocycles. The fourth-order valence-corrected chi connectivity index (χ4v) is 3.09. The summed E-state index contributed by atoms with van der Waals surface area (Å²) in [6.45, 7) is 0. The average molecular weight is 327 g/mol. The van der Waals surface area contributed by atoms with Crippen molar-refractivity contribution in [1.29, 1.82) is 0 Å². The molecule has 24 heavy (non-hydrogen) atoms. The van der Waals surface area contributed by atoms with E-state index < -0.39 is 17.7 Å². The molecule has 0 fully saturated rings. The van der Waals surface area contributed by atoms with Crippen molar-refractivity contribution >= 4 is 17.6 Å². The molecular formula is C19H18FNO3. The van der Waals surface area contributed by atoms with Crippen LogP contribution in [0.15, 0.2) is 42.5 Å². The molecule has 2 aromatic rings. The monoisotopic (exact) mass is 327 g/mol. The molecule has 0 aromatic heterocycles. The summed E-state index contributed by atoms with van der Waals surface area (Å²) < 4.78 is 13.0. The maximum absolute atomic E-state index is 13.0. The van der Waals surface area contributed by atoms with Crippen LogP contribution in [0.5, 0.6) is 0 Å². The lowest BCUT2D eigenvalue weighted by atomic mass is 9.95. The average Bonchev–Trinajstić information content (AvgIpc) is 3.01. The van der Waals surface area contributed by atoms with Gasteiger partial charge < -0.3 is 10.4 Å². The van der Waals surface area contributed by atoms with Crippen LogP contribution >= 0.6 is 0 Å². The van der Waals surface area contributed by atoms with Crippen LogP contribution in [0.25, 0.3) is 0 Å². The smallest absolute Gasteiger partial charge is 0.311 e. The lowest BCUT2D eigenvalue weighted by Crippen LogP contribution is -2.21. The summed E-state index contributed by atoms with van der Waals surface area (Å²) in [5.74, 6) is -2.92. The lowest BCUT2D eigenvalue weighted by molar-refractivity contribution is -0.140. The fourth-order valence-electron chi connectivity index (χ4n) is 3.09. The number of benzene rings is 2. The van der Waals surface area contributed by atoms with Crippen molar-refractivity contribution in [2.75, 3.05) is 5.32 Å². The summed E-state index contributed by atoms with van der Waals surface area (Å²) in [5.41, 5.74) is 3.64. The van der Waals surface area contributed by atoms with Crippen molar-refractivity contribution < 1.29 is 19.1 Å². The van der Waals surface area contributed by atoms with Crippen LogP contribution in [0.2, 0.25) is 0 Å². The van der Waals surface area contributed by atoms with E-state index in [1.165, 1.54) is 35.4 Å². The van der Waals surface area contributed by atoms with Gasteiger partial charge in [0.1, 0.15) is 5.82 Å². The predicted octanol–water partition coefficient (Wildman–Crippen LogP) is 3.51. The number of nitrogens with one attached hydrogen (secondary N) is 1. The van der Waals surface area contributed by atoms with E-state index >= 15 is 0 Å². The number of halogens is 1. The van der Waals surface area contributed by atoms with Gasteiger partial charge in [-0.2, -0.15) is 0 Å². The van der Waals surface area contributed by atoms with Gasteiger partial charge >= 0.3 is 5.97 Å². The third-order valence-corrected chi connectivity index (χ3v) is 4.34. The van der Waals surface area contributed by atoms with Gasteiger partial charge in [0, 0.05) is 12.1 Å². The minimum Gasteiger partial charge on any atom is -0.481 e. The Bertz CT molecular complexity index is 771. The first-order valence-electron chi connectivity index (χ1n) is 7.93. The molecule has 2 N–H and O–H groups in total. The van der Waals surface area contributed by atoms with E-state index in [2.05, 4.69) is 5.32 Å². The molecule has 1 amide bonds. The summed E-state index contributed by atoms with van der Waals surface area (Å²) >= 11 is 0. The molecule has 0 spiro atoms. The molecular weight excluding hydrogens is 309 g/mol. The van der Waals surface area contributed by atoms with Crippen LogP contribution < -0.4 is 5.32 Å². The second-order valence-corrected chi connectivity index (χ2v) is 6.03. The number of carboxylic acid groups (broad SMARTS) is 1. The van der Waals surface area contributed by atoms with Gasteiger partial charge in [-0.1, -0.05) is 18.2 Å². The zero-order chi connectivity index (χ0) is 17.1. The number of anilines is 1. The molecule has 0 saturated carbocycles. The molecule has 0 bridgehead atoms. The Kier molecular flexibility index (Phi) is 4.60. The van der Waals surface area contributed by atoms with Crippen LogP contribution in [-0.4, -0.2) is 17.0 Å². The first kappa shape index (κ1) is 16.2. The molecule has 5 heteroatoms. The zero-order valence-electron chi connectivity index (χ0n) is 13.1. The van der Waals surface area contributed by atoms with Gasteiger partial charge in [-0.25, -0.2) is 4.39 Å². The number of fused-ring (bicyclic) bond motifs is 1. The molecule has 1 atom stereocenters. The van der Waals surface area contributed by atoms with Crippen molar-refractivity contribution in [3.05, 3.63) is 65.0 Å². The number of carbonyl (C=O) groups excluding carboxylic acids is 1. The van der Waals surface area contributed by atoms with Gasteiger partial charge in [-0.05, 0) is 60.2 Å². The van der Waals surface area contributed by atoms with Gasteiger partial charge in [0.05, 0.1) is 5.92 Å². The molecule has 0 saturated heterocycles. The third kappa shape index (κ3) is 3.62. The van der Waals surface area contributed by atoms with Gasteiger partial charge in [0.15, 0.2) is 0 Å². The van der Waals surface area contributed by atoms with Crippen LogP contribution in [0.3, 0.4) is 0 Å². The molecule has 0 radical (unpaired) electrons. The Hall–Kier alpha value is -2.69. The highest BCUT2D eigenvalue weighted by molar-refractivity contribution is 5.94. The molecule has 124 valence electrons. The van der Waals surface area contributed by atoms with E-state index in [0.29, 0.717) is 11.3 Å². The highest BCUT2D eigenvalue weighted by Gasteiger charge is 2.23. The van der Waals surface area contributed by atoms with Gasteiger partial charge in [-0.15, -0.1) is 0 Å². The van der Waals surface area contributed by atoms with Gasteiger partial charge in [-0.3, -0.25) is 9.59 Å². The molecule has 1 aliphatic rings. The zero-order valence-corrected chi connectivity index (χ0v) is 13.1. The Morgan fingerprint density at radius 3 is 2.50 bits per heavy atom. The summed E-state index contributed by atoms with van der Waals surface area (Å²) in [6, 6.07) is 11.0. The Morgan fingerprint density at radius 1 is 1.08 bits per heavy atom. The van der Waals surface area contributed by atoms with Crippen LogP contribution in [-0.2, 0) is 22.4 Å². The number of rotatable bonds is 5. The number of carboxylic acids is 1. The van der Waals surface area contributed by atoms with E-state index in [-0.39, 0.29) is 12.3 Å². The number of carbonyl (C=O) groups is 2. The Labute approximate surface area is 139 Å².